The highest BCUT2D eigenvalue weighted by Crippen LogP contribution is 2.28. The molecule has 1 atom stereocenters. The van der Waals surface area contributed by atoms with Gasteiger partial charge in [0.25, 0.3) is 11.6 Å². The summed E-state index contributed by atoms with van der Waals surface area (Å²) < 4.78 is 10.3. The van der Waals surface area contributed by atoms with Gasteiger partial charge in [0.1, 0.15) is 0 Å². The monoisotopic (exact) mass is 400 g/mol. The van der Waals surface area contributed by atoms with Crippen molar-refractivity contribution in [2.75, 3.05) is 5.32 Å². The van der Waals surface area contributed by atoms with E-state index in [0.717, 1.165) is 6.07 Å². The number of nitro groups is 1. The van der Waals surface area contributed by atoms with E-state index in [4.69, 9.17) is 20.8 Å². The second kappa shape index (κ2) is 8.36. The first-order valence-electron chi connectivity index (χ1n) is 8.00. The van der Waals surface area contributed by atoms with Crippen LogP contribution in [0.4, 0.5) is 11.4 Å². The Labute approximate surface area is 163 Å². The third kappa shape index (κ3) is 4.36. The van der Waals surface area contributed by atoms with E-state index < -0.39 is 22.9 Å². The molecule has 0 saturated carbocycles. The number of halogens is 1. The van der Waals surface area contributed by atoms with Crippen molar-refractivity contribution < 1.29 is 23.7 Å². The van der Waals surface area contributed by atoms with Crippen LogP contribution < -0.4 is 5.32 Å². The molecular formula is C19H13ClN2O6. The van der Waals surface area contributed by atoms with Crippen LogP contribution in [0.15, 0.2) is 71.3 Å². The zero-order valence-corrected chi connectivity index (χ0v) is 15.0. The smallest absolute Gasteiger partial charge is 0.375 e. The minimum absolute atomic E-state index is 0.0216. The lowest BCUT2D eigenvalue weighted by molar-refractivity contribution is -0.384. The van der Waals surface area contributed by atoms with Crippen molar-refractivity contribution in [1.29, 1.82) is 0 Å². The van der Waals surface area contributed by atoms with Crippen LogP contribution in [-0.2, 0) is 9.53 Å². The van der Waals surface area contributed by atoms with Gasteiger partial charge in [0, 0.05) is 17.7 Å². The average Bonchev–Trinajstić information content (AvgIpc) is 3.23. The van der Waals surface area contributed by atoms with Gasteiger partial charge in [0.2, 0.25) is 11.9 Å². The molecule has 0 aliphatic rings. The molecule has 8 nitrogen and oxygen atoms in total. The summed E-state index contributed by atoms with van der Waals surface area (Å²) in [5.74, 6) is -1.55. The summed E-state index contributed by atoms with van der Waals surface area (Å²) >= 11 is 6.01. The predicted octanol–water partition coefficient (Wildman–Crippen LogP) is 4.38. The number of carbonyl (C=O) groups excluding carboxylic acids is 2. The van der Waals surface area contributed by atoms with Crippen LogP contribution in [0.1, 0.15) is 22.2 Å². The molecule has 1 aromatic heterocycles. The predicted molar refractivity (Wildman–Crippen MR) is 100 cm³/mol. The summed E-state index contributed by atoms with van der Waals surface area (Å²) in [6.45, 7) is 0. The third-order valence-corrected chi connectivity index (χ3v) is 4.02. The first-order chi connectivity index (χ1) is 13.5. The van der Waals surface area contributed by atoms with E-state index in [1.807, 2.05) is 0 Å². The Kier molecular flexibility index (Phi) is 5.71. The number of furan rings is 1. The molecule has 1 amide bonds. The lowest BCUT2D eigenvalue weighted by Crippen LogP contribution is -2.26. The number of ether oxygens (including phenoxy) is 1. The summed E-state index contributed by atoms with van der Waals surface area (Å²) in [6, 6.07) is 14.9. The van der Waals surface area contributed by atoms with Gasteiger partial charge < -0.3 is 14.5 Å². The highest BCUT2D eigenvalue weighted by Gasteiger charge is 2.27. The van der Waals surface area contributed by atoms with Gasteiger partial charge in [-0.25, -0.2) is 4.79 Å². The van der Waals surface area contributed by atoms with Crippen molar-refractivity contribution in [2.24, 2.45) is 0 Å². The summed E-state index contributed by atoms with van der Waals surface area (Å²) in [5.41, 5.74) is 0.358. The molecule has 0 radical (unpaired) electrons. The van der Waals surface area contributed by atoms with E-state index >= 15 is 0 Å². The largest absolute Gasteiger partial charge is 0.457 e. The second-order valence-electron chi connectivity index (χ2n) is 5.58. The van der Waals surface area contributed by atoms with Gasteiger partial charge >= 0.3 is 5.97 Å². The number of non-ortho nitro benzene ring substituents is 1. The maximum absolute atomic E-state index is 12.8. The van der Waals surface area contributed by atoms with Gasteiger partial charge in [0.15, 0.2) is 0 Å². The molecule has 3 rings (SSSR count). The Hall–Kier alpha value is -3.65. The average molecular weight is 401 g/mol. The van der Waals surface area contributed by atoms with E-state index in [-0.39, 0.29) is 22.2 Å². The molecule has 0 spiro atoms. The molecule has 0 fully saturated rings. The van der Waals surface area contributed by atoms with Crippen LogP contribution in [0, 0.1) is 10.1 Å². The maximum atomic E-state index is 12.8. The zero-order valence-electron chi connectivity index (χ0n) is 14.2. The van der Waals surface area contributed by atoms with Gasteiger partial charge in [-0.3, -0.25) is 14.9 Å². The van der Waals surface area contributed by atoms with Gasteiger partial charge in [-0.1, -0.05) is 41.9 Å². The van der Waals surface area contributed by atoms with Crippen LogP contribution >= 0.6 is 11.6 Å². The van der Waals surface area contributed by atoms with E-state index in [1.54, 1.807) is 30.3 Å². The van der Waals surface area contributed by atoms with E-state index in [9.17, 15) is 19.7 Å². The Morgan fingerprint density at radius 2 is 1.86 bits per heavy atom. The van der Waals surface area contributed by atoms with Gasteiger partial charge in [0.05, 0.1) is 21.9 Å². The number of carbonyl (C=O) groups is 2. The minimum Gasteiger partial charge on any atom is -0.457 e. The standard InChI is InChI=1S/C19H13ClN2O6/c20-14-11-13(22(25)26)8-9-15(14)21-18(23)17(12-5-2-1-3-6-12)28-19(24)16-7-4-10-27-16/h1-11,17H,(H,21,23). The topological polar surface area (TPSA) is 112 Å². The number of nitrogens with one attached hydrogen (secondary N) is 1. The number of nitro benzene ring substituents is 1. The van der Waals surface area contributed by atoms with Crippen molar-refractivity contribution in [2.45, 2.75) is 6.10 Å². The molecule has 28 heavy (non-hydrogen) atoms. The molecule has 2 aromatic carbocycles. The molecule has 9 heteroatoms. The third-order valence-electron chi connectivity index (χ3n) is 3.71. The summed E-state index contributed by atoms with van der Waals surface area (Å²) in [4.78, 5) is 35.2. The van der Waals surface area contributed by atoms with Crippen LogP contribution in [0.5, 0.6) is 0 Å². The van der Waals surface area contributed by atoms with Crippen molar-refractivity contribution in [3.05, 3.63) is 93.4 Å². The molecule has 1 N–H and O–H groups in total. The molecule has 0 aliphatic carbocycles. The van der Waals surface area contributed by atoms with Crippen LogP contribution in [0.25, 0.3) is 0 Å². The molecule has 1 unspecified atom stereocenters. The highest BCUT2D eigenvalue weighted by atomic mass is 35.5. The zero-order chi connectivity index (χ0) is 20.1. The Morgan fingerprint density at radius 1 is 1.11 bits per heavy atom. The van der Waals surface area contributed by atoms with Gasteiger partial charge in [-0.05, 0) is 18.2 Å². The van der Waals surface area contributed by atoms with Crippen molar-refractivity contribution in [3.63, 3.8) is 0 Å². The van der Waals surface area contributed by atoms with Crippen LogP contribution in [0.3, 0.4) is 0 Å². The Bertz CT molecular complexity index is 1000. The summed E-state index contributed by atoms with van der Waals surface area (Å²) in [7, 11) is 0. The number of nitrogens with zero attached hydrogens (tertiary/aromatic N) is 1. The van der Waals surface area contributed by atoms with E-state index in [0.29, 0.717) is 5.56 Å². The number of benzene rings is 2. The van der Waals surface area contributed by atoms with Crippen molar-refractivity contribution in [3.8, 4) is 0 Å². The molecule has 1 heterocycles. The first kappa shape index (κ1) is 19.1. The quantitative estimate of drug-likeness (QED) is 0.373. The van der Waals surface area contributed by atoms with Crippen LogP contribution in [0.2, 0.25) is 5.02 Å². The number of esters is 1. The first-order valence-corrected chi connectivity index (χ1v) is 8.38. The van der Waals surface area contributed by atoms with Crippen molar-refractivity contribution >= 4 is 34.9 Å². The Balaban J connectivity index is 1.84. The van der Waals surface area contributed by atoms with Crippen molar-refractivity contribution in [1.82, 2.24) is 0 Å². The number of hydrogen-bond donors (Lipinski definition) is 1. The summed E-state index contributed by atoms with van der Waals surface area (Å²) in [6.07, 6.45) is 0.0234. The number of anilines is 1. The fourth-order valence-electron chi connectivity index (χ4n) is 2.38. The van der Waals surface area contributed by atoms with Gasteiger partial charge in [-0.15, -0.1) is 0 Å². The number of rotatable bonds is 6. The molecule has 3 aromatic rings. The number of hydrogen-bond acceptors (Lipinski definition) is 6. The SMILES string of the molecule is O=C(OC(C(=O)Nc1ccc([N+](=O)[O-])cc1Cl)c1ccccc1)c1ccco1. The Morgan fingerprint density at radius 3 is 2.46 bits per heavy atom. The molecule has 0 aliphatic heterocycles. The lowest BCUT2D eigenvalue weighted by atomic mass is 10.1. The van der Waals surface area contributed by atoms with Gasteiger partial charge in [-0.2, -0.15) is 0 Å². The molecule has 0 bridgehead atoms. The minimum atomic E-state index is -1.29. The summed E-state index contributed by atoms with van der Waals surface area (Å²) in [5, 5.41) is 13.3. The molecule has 142 valence electrons. The second-order valence-corrected chi connectivity index (χ2v) is 5.99. The molecule has 0 saturated heterocycles. The van der Waals surface area contributed by atoms with E-state index in [1.165, 1.54) is 30.5 Å². The fourth-order valence-corrected chi connectivity index (χ4v) is 2.60. The maximum Gasteiger partial charge on any atom is 0.375 e. The normalized spacial score (nSPS) is 11.5. The van der Waals surface area contributed by atoms with Crippen LogP contribution in [-0.4, -0.2) is 16.8 Å². The molecular weight excluding hydrogens is 388 g/mol. The highest BCUT2D eigenvalue weighted by molar-refractivity contribution is 6.34. The van der Waals surface area contributed by atoms with E-state index in [2.05, 4.69) is 5.32 Å². The number of amides is 1. The fraction of sp³-hybridized carbons (Fsp3) is 0.0526. The lowest BCUT2D eigenvalue weighted by Gasteiger charge is -2.18.